The standard InChI is InChI=1S/C60H40N4.Pt/c1-6-19-43(20-7-1)48-35-37-61-55(40-48)50-29-18-30-51(39-50)63(56-32-17-16-31-53(56)45-23-10-3-11-24-45)52-33-34-54-57(42-52)64(58-41-49(36-38-62-58)44-21-8-2-9-22-44)60(47-27-14-5-15-28-47)59(54)46-25-12-4-13-26-46;/h1-38,40-41H;/q-2;+2. The maximum atomic E-state index is 5.11. The minimum Gasteiger partial charge on any atom is -0.352 e. The zero-order valence-electron chi connectivity index (χ0n) is 35.2. The summed E-state index contributed by atoms with van der Waals surface area (Å²) >= 11 is 0. The van der Waals surface area contributed by atoms with Crippen molar-refractivity contribution in [2.24, 2.45) is 0 Å². The molecule has 0 N–H and O–H groups in total. The second-order valence-corrected chi connectivity index (χ2v) is 15.6. The zero-order valence-corrected chi connectivity index (χ0v) is 37.5. The molecule has 4 nitrogen and oxygen atoms in total. The third-order valence-corrected chi connectivity index (χ3v) is 11.7. The van der Waals surface area contributed by atoms with E-state index in [0.29, 0.717) is 0 Å². The average Bonchev–Trinajstić information content (AvgIpc) is 3.73. The van der Waals surface area contributed by atoms with Crippen LogP contribution in [0.15, 0.2) is 243 Å². The summed E-state index contributed by atoms with van der Waals surface area (Å²) in [6.07, 6.45) is 3.79. The van der Waals surface area contributed by atoms with Gasteiger partial charge in [-0.3, -0.25) is 0 Å². The predicted molar refractivity (Wildman–Crippen MR) is 264 cm³/mol. The Morgan fingerprint density at radius 3 is 1.60 bits per heavy atom. The van der Waals surface area contributed by atoms with Crippen LogP contribution in [0, 0.1) is 12.1 Å². The van der Waals surface area contributed by atoms with E-state index in [9.17, 15) is 0 Å². The molecule has 0 atom stereocenters. The first kappa shape index (κ1) is 41.1. The summed E-state index contributed by atoms with van der Waals surface area (Å²) in [4.78, 5) is 12.3. The van der Waals surface area contributed by atoms with Gasteiger partial charge in [0.05, 0.1) is 5.69 Å². The van der Waals surface area contributed by atoms with E-state index in [4.69, 9.17) is 9.97 Å². The third-order valence-electron chi connectivity index (χ3n) is 11.7. The number of fused-ring (bicyclic) bond motifs is 1. The topological polar surface area (TPSA) is 34.0 Å². The normalized spacial score (nSPS) is 11.0. The van der Waals surface area contributed by atoms with Crippen molar-refractivity contribution in [3.05, 3.63) is 255 Å². The van der Waals surface area contributed by atoms with E-state index < -0.39 is 0 Å². The number of benzene rings is 8. The number of hydrogen-bond acceptors (Lipinski definition) is 3. The Kier molecular flexibility index (Phi) is 11.7. The van der Waals surface area contributed by atoms with Gasteiger partial charge in [-0.2, -0.15) is 6.07 Å². The summed E-state index contributed by atoms with van der Waals surface area (Å²) in [5.74, 6) is 0.801. The van der Waals surface area contributed by atoms with E-state index in [1.165, 1.54) is 0 Å². The molecule has 65 heavy (non-hydrogen) atoms. The molecule has 3 aromatic heterocycles. The molecule has 5 heteroatoms. The monoisotopic (exact) mass is 1010 g/mol. The smallest absolute Gasteiger partial charge is 0.352 e. The molecule has 0 fully saturated rings. The number of para-hydroxylation sites is 1. The van der Waals surface area contributed by atoms with Crippen molar-refractivity contribution in [3.63, 3.8) is 0 Å². The molecule has 0 aliphatic rings. The average molecular weight is 1010 g/mol. The number of anilines is 3. The van der Waals surface area contributed by atoms with Crippen molar-refractivity contribution in [3.8, 4) is 72.8 Å². The summed E-state index contributed by atoms with van der Waals surface area (Å²) in [6, 6.07) is 88.4. The van der Waals surface area contributed by atoms with Crippen LogP contribution in [0.4, 0.5) is 17.1 Å². The Labute approximate surface area is 394 Å². The molecule has 0 radical (unpaired) electrons. The predicted octanol–water partition coefficient (Wildman–Crippen LogP) is 15.5. The van der Waals surface area contributed by atoms with Crippen molar-refractivity contribution in [2.45, 2.75) is 0 Å². The van der Waals surface area contributed by atoms with E-state index >= 15 is 0 Å². The van der Waals surface area contributed by atoms with Gasteiger partial charge in [-0.05, 0) is 80.2 Å². The molecule has 8 aromatic carbocycles. The molecule has 310 valence electrons. The van der Waals surface area contributed by atoms with Gasteiger partial charge in [0.25, 0.3) is 0 Å². The quantitative estimate of drug-likeness (QED) is 0.128. The van der Waals surface area contributed by atoms with E-state index in [2.05, 4.69) is 240 Å². The molecule has 0 aliphatic heterocycles. The van der Waals surface area contributed by atoms with Crippen molar-refractivity contribution in [1.82, 2.24) is 14.5 Å². The number of rotatable bonds is 10. The minimum absolute atomic E-state index is 0. The molecular weight excluding hydrogens is 972 g/mol. The van der Waals surface area contributed by atoms with Crippen molar-refractivity contribution in [1.29, 1.82) is 0 Å². The van der Waals surface area contributed by atoms with Gasteiger partial charge < -0.3 is 14.5 Å². The first-order chi connectivity index (χ1) is 31.8. The summed E-state index contributed by atoms with van der Waals surface area (Å²) in [5, 5.41) is 1.07. The minimum atomic E-state index is 0. The summed E-state index contributed by atoms with van der Waals surface area (Å²) in [7, 11) is 0. The van der Waals surface area contributed by atoms with E-state index in [0.717, 1.165) is 101 Å². The Hall–Kier alpha value is -7.91. The van der Waals surface area contributed by atoms with Crippen molar-refractivity contribution < 1.29 is 21.1 Å². The van der Waals surface area contributed by atoms with E-state index in [1.54, 1.807) is 0 Å². The molecular formula is C60H40N4Pt. The molecule has 3 heterocycles. The van der Waals surface area contributed by atoms with E-state index in [1.807, 2.05) is 24.5 Å². The maximum absolute atomic E-state index is 5.11. The number of nitrogens with zero attached hydrogens (tertiary/aromatic N) is 4. The van der Waals surface area contributed by atoms with Crippen LogP contribution in [-0.4, -0.2) is 14.5 Å². The Morgan fingerprint density at radius 1 is 0.400 bits per heavy atom. The molecule has 11 aromatic rings. The first-order valence-electron chi connectivity index (χ1n) is 21.5. The van der Waals surface area contributed by atoms with Crippen LogP contribution in [0.5, 0.6) is 0 Å². The molecule has 0 saturated heterocycles. The van der Waals surface area contributed by atoms with Crippen LogP contribution >= 0.6 is 0 Å². The zero-order chi connectivity index (χ0) is 42.7. The van der Waals surface area contributed by atoms with Crippen molar-refractivity contribution in [2.75, 3.05) is 4.90 Å². The van der Waals surface area contributed by atoms with Gasteiger partial charge in [-0.25, -0.2) is 4.98 Å². The summed E-state index contributed by atoms with van der Waals surface area (Å²) in [6.45, 7) is 0. The maximum Gasteiger partial charge on any atom is 2.00 e. The Bertz CT molecular complexity index is 3370. The van der Waals surface area contributed by atoms with Gasteiger partial charge in [-0.15, -0.1) is 47.3 Å². The second kappa shape index (κ2) is 18.4. The van der Waals surface area contributed by atoms with Gasteiger partial charge in [-0.1, -0.05) is 187 Å². The second-order valence-electron chi connectivity index (χ2n) is 15.6. The molecule has 0 amide bonds. The van der Waals surface area contributed by atoms with Crippen LogP contribution in [0.2, 0.25) is 0 Å². The molecule has 0 unspecified atom stereocenters. The van der Waals surface area contributed by atoms with Crippen LogP contribution in [0.1, 0.15) is 0 Å². The fraction of sp³-hybridized carbons (Fsp3) is 0. The molecule has 0 bridgehead atoms. The molecule has 11 rings (SSSR count). The van der Waals surface area contributed by atoms with Gasteiger partial charge in [0.15, 0.2) is 0 Å². The van der Waals surface area contributed by atoms with Crippen LogP contribution in [0.25, 0.3) is 83.7 Å². The van der Waals surface area contributed by atoms with Gasteiger partial charge in [0, 0.05) is 23.7 Å². The Balaban J connectivity index is 0.00000498. The number of aromatic nitrogens is 3. The largest absolute Gasteiger partial charge is 2.00 e. The van der Waals surface area contributed by atoms with Crippen LogP contribution < -0.4 is 4.90 Å². The number of pyridine rings is 2. The van der Waals surface area contributed by atoms with Crippen LogP contribution in [-0.2, 0) is 21.1 Å². The Morgan fingerprint density at radius 2 is 0.938 bits per heavy atom. The first-order valence-corrected chi connectivity index (χ1v) is 21.5. The summed E-state index contributed by atoms with van der Waals surface area (Å²) < 4.78 is 2.29. The van der Waals surface area contributed by atoms with Crippen LogP contribution in [0.3, 0.4) is 0 Å². The molecule has 0 aliphatic carbocycles. The molecule has 0 spiro atoms. The fourth-order valence-corrected chi connectivity index (χ4v) is 8.72. The van der Waals surface area contributed by atoms with Gasteiger partial charge >= 0.3 is 21.1 Å². The molecule has 0 saturated carbocycles. The number of hydrogen-bond donors (Lipinski definition) is 0. The summed E-state index contributed by atoms with van der Waals surface area (Å²) in [5.41, 5.74) is 16.3. The third kappa shape index (κ3) is 8.13. The van der Waals surface area contributed by atoms with Crippen molar-refractivity contribution >= 4 is 28.0 Å². The van der Waals surface area contributed by atoms with Gasteiger partial charge in [0.2, 0.25) is 0 Å². The SMILES string of the molecule is [Pt+2].[c-]1c(-c2cc(-c3ccccc3)ccn2)cccc1N(c1[c-]c2c(cc1)c(-c1ccccc1)c(-c1ccccc1)n2-c1cc(-c2ccccc2)ccn1)c1ccccc1-c1ccccc1. The fourth-order valence-electron chi connectivity index (χ4n) is 8.72. The van der Waals surface area contributed by atoms with E-state index in [-0.39, 0.29) is 21.1 Å². The van der Waals surface area contributed by atoms with Gasteiger partial charge in [0.1, 0.15) is 5.82 Å².